The van der Waals surface area contributed by atoms with E-state index in [1.54, 1.807) is 6.92 Å². The number of nitrogens with one attached hydrogen (secondary N) is 1. The van der Waals surface area contributed by atoms with Crippen molar-refractivity contribution < 1.29 is 17.6 Å². The van der Waals surface area contributed by atoms with Gasteiger partial charge in [0.25, 0.3) is 0 Å². The van der Waals surface area contributed by atoms with Gasteiger partial charge in [-0.1, -0.05) is 12.1 Å². The summed E-state index contributed by atoms with van der Waals surface area (Å²) in [7, 11) is 0. The molecule has 1 aromatic heterocycles. The van der Waals surface area contributed by atoms with Gasteiger partial charge in [0.2, 0.25) is 0 Å². The largest absolute Gasteiger partial charge is 0.378 e. The molecule has 0 fully saturated rings. The highest BCUT2D eigenvalue weighted by Gasteiger charge is 2.12. The number of rotatable bonds is 4. The first-order valence-corrected chi connectivity index (χ1v) is 5.49. The van der Waals surface area contributed by atoms with Crippen LogP contribution in [0.5, 0.6) is 0 Å². The fraction of sp³-hybridized carbons (Fsp3) is 0.250. The van der Waals surface area contributed by atoms with Gasteiger partial charge in [-0.2, -0.15) is 13.9 Å². The summed E-state index contributed by atoms with van der Waals surface area (Å²) >= 11 is 0. The number of alkyl halides is 2. The monoisotopic (exact) mass is 273 g/mol. The molecule has 19 heavy (non-hydrogen) atoms. The summed E-state index contributed by atoms with van der Waals surface area (Å²) in [6.45, 7) is -1.21. The van der Waals surface area contributed by atoms with Crippen LogP contribution < -0.4 is 5.32 Å². The van der Waals surface area contributed by atoms with Crippen LogP contribution in [-0.2, 0) is 6.54 Å². The van der Waals surface area contributed by atoms with Gasteiger partial charge in [0.1, 0.15) is 0 Å². The Labute approximate surface area is 106 Å². The Morgan fingerprint density at radius 3 is 2.68 bits per heavy atom. The lowest BCUT2D eigenvalue weighted by atomic mass is 10.2. The molecule has 0 aliphatic carbocycles. The number of halogens is 4. The highest BCUT2D eigenvalue weighted by atomic mass is 19.3. The summed E-state index contributed by atoms with van der Waals surface area (Å²) in [4.78, 5) is 0. The fourth-order valence-corrected chi connectivity index (χ4v) is 1.63. The van der Waals surface area contributed by atoms with Crippen molar-refractivity contribution >= 4 is 5.69 Å². The summed E-state index contributed by atoms with van der Waals surface area (Å²) in [6.07, 6.45) is 1.12. The van der Waals surface area contributed by atoms with Gasteiger partial charge in [-0.15, -0.1) is 0 Å². The van der Waals surface area contributed by atoms with Gasteiger partial charge in [0.15, 0.2) is 11.6 Å². The smallest absolute Gasteiger partial charge is 0.333 e. The first kappa shape index (κ1) is 13.4. The molecule has 0 unspecified atom stereocenters. The summed E-state index contributed by atoms with van der Waals surface area (Å²) in [5, 5.41) is 6.35. The maximum absolute atomic E-state index is 13.4. The van der Waals surface area contributed by atoms with Gasteiger partial charge < -0.3 is 5.32 Å². The Morgan fingerprint density at radius 1 is 1.32 bits per heavy atom. The molecule has 0 atom stereocenters. The zero-order valence-electron chi connectivity index (χ0n) is 10.0. The Bertz CT molecular complexity index is 580. The van der Waals surface area contributed by atoms with E-state index >= 15 is 0 Å². The second-order valence-corrected chi connectivity index (χ2v) is 3.95. The summed E-state index contributed by atoms with van der Waals surface area (Å²) in [5.74, 6) is -1.90. The summed E-state index contributed by atoms with van der Waals surface area (Å²) < 4.78 is 51.7. The van der Waals surface area contributed by atoms with Crippen LogP contribution in [0.15, 0.2) is 24.4 Å². The van der Waals surface area contributed by atoms with Crippen molar-refractivity contribution in [1.29, 1.82) is 0 Å². The van der Waals surface area contributed by atoms with Crippen LogP contribution in [0.3, 0.4) is 0 Å². The summed E-state index contributed by atoms with van der Waals surface area (Å²) in [5.41, 5.74) is 0.824. The van der Waals surface area contributed by atoms with Crippen LogP contribution in [0.1, 0.15) is 17.8 Å². The molecule has 0 radical (unpaired) electrons. The van der Waals surface area contributed by atoms with E-state index in [4.69, 9.17) is 0 Å². The molecule has 1 N–H and O–H groups in total. The van der Waals surface area contributed by atoms with Crippen LogP contribution in [0.25, 0.3) is 0 Å². The highest BCUT2D eigenvalue weighted by Crippen LogP contribution is 2.19. The molecule has 0 aliphatic heterocycles. The van der Waals surface area contributed by atoms with Crippen LogP contribution in [0.4, 0.5) is 23.2 Å². The third kappa shape index (κ3) is 2.86. The number of anilines is 1. The Morgan fingerprint density at radius 2 is 2.05 bits per heavy atom. The van der Waals surface area contributed by atoms with Crippen molar-refractivity contribution in [2.24, 2.45) is 0 Å². The Kier molecular flexibility index (Phi) is 3.73. The number of hydrogen-bond acceptors (Lipinski definition) is 2. The maximum atomic E-state index is 13.4. The number of nitrogens with zero attached hydrogens (tertiary/aromatic N) is 2. The summed E-state index contributed by atoms with van der Waals surface area (Å²) in [6, 6.07) is 3.81. The third-order valence-electron chi connectivity index (χ3n) is 2.62. The van der Waals surface area contributed by atoms with Gasteiger partial charge in [0.05, 0.1) is 17.6 Å². The normalized spacial score (nSPS) is 11.1. The molecule has 0 spiro atoms. The van der Waals surface area contributed by atoms with E-state index in [0.29, 0.717) is 16.1 Å². The Hall–Kier alpha value is -2.05. The second kappa shape index (κ2) is 5.29. The van der Waals surface area contributed by atoms with E-state index in [2.05, 4.69) is 10.4 Å². The van der Waals surface area contributed by atoms with E-state index in [1.165, 1.54) is 12.1 Å². The Balaban J connectivity index is 2.12. The molecule has 1 heterocycles. The molecule has 0 saturated carbocycles. The molecule has 0 amide bonds. The number of aryl methyl sites for hydroxylation is 1. The highest BCUT2D eigenvalue weighted by molar-refractivity contribution is 5.46. The predicted molar refractivity (Wildman–Crippen MR) is 61.9 cm³/mol. The molecule has 2 rings (SSSR count). The van der Waals surface area contributed by atoms with Gasteiger partial charge in [-0.05, 0) is 13.0 Å². The molecular formula is C12H11F4N3. The quantitative estimate of drug-likeness (QED) is 0.864. The molecule has 3 nitrogen and oxygen atoms in total. The minimum atomic E-state index is -2.74. The van der Waals surface area contributed by atoms with Crippen molar-refractivity contribution in [3.63, 3.8) is 0 Å². The van der Waals surface area contributed by atoms with Crippen LogP contribution in [0, 0.1) is 18.6 Å². The van der Waals surface area contributed by atoms with Crippen LogP contribution >= 0.6 is 0 Å². The average molecular weight is 273 g/mol. The van der Waals surface area contributed by atoms with E-state index in [1.807, 2.05) is 0 Å². The zero-order chi connectivity index (χ0) is 14.0. The molecular weight excluding hydrogens is 262 g/mol. The van der Waals surface area contributed by atoms with E-state index in [9.17, 15) is 17.6 Å². The first-order chi connectivity index (χ1) is 8.99. The average Bonchev–Trinajstić information content (AvgIpc) is 2.73. The van der Waals surface area contributed by atoms with Gasteiger partial charge in [-0.25, -0.2) is 13.5 Å². The minimum absolute atomic E-state index is 0.0145. The fourth-order valence-electron chi connectivity index (χ4n) is 1.63. The molecule has 7 heteroatoms. The molecule has 2 aromatic rings. The van der Waals surface area contributed by atoms with Gasteiger partial charge in [0, 0.05) is 12.1 Å². The van der Waals surface area contributed by atoms with Crippen molar-refractivity contribution in [2.75, 3.05) is 5.32 Å². The SMILES string of the molecule is Cc1nn(C(F)F)cc1NCc1cccc(F)c1F. The zero-order valence-corrected chi connectivity index (χ0v) is 10.0. The van der Waals surface area contributed by atoms with Crippen molar-refractivity contribution in [1.82, 2.24) is 9.78 Å². The lowest BCUT2D eigenvalue weighted by Gasteiger charge is -2.06. The molecule has 0 aliphatic rings. The van der Waals surface area contributed by atoms with Crippen molar-refractivity contribution in [3.8, 4) is 0 Å². The first-order valence-electron chi connectivity index (χ1n) is 5.49. The van der Waals surface area contributed by atoms with Crippen molar-refractivity contribution in [3.05, 3.63) is 47.3 Å². The predicted octanol–water partition coefficient (Wildman–Crippen LogP) is 3.48. The molecule has 0 saturated heterocycles. The third-order valence-corrected chi connectivity index (χ3v) is 2.62. The van der Waals surface area contributed by atoms with Gasteiger partial charge >= 0.3 is 6.55 Å². The van der Waals surface area contributed by atoms with Crippen molar-refractivity contribution in [2.45, 2.75) is 20.0 Å². The number of benzene rings is 1. The molecule has 1 aromatic carbocycles. The van der Waals surface area contributed by atoms with E-state index < -0.39 is 18.2 Å². The number of hydrogen-bond donors (Lipinski definition) is 1. The van der Waals surface area contributed by atoms with Gasteiger partial charge in [-0.3, -0.25) is 0 Å². The van der Waals surface area contributed by atoms with E-state index in [-0.39, 0.29) is 12.1 Å². The molecule has 0 bridgehead atoms. The lowest BCUT2D eigenvalue weighted by molar-refractivity contribution is 0.0563. The molecule has 102 valence electrons. The number of aromatic nitrogens is 2. The minimum Gasteiger partial charge on any atom is -0.378 e. The van der Waals surface area contributed by atoms with E-state index in [0.717, 1.165) is 12.3 Å². The lowest BCUT2D eigenvalue weighted by Crippen LogP contribution is -2.03. The van der Waals surface area contributed by atoms with Crippen LogP contribution in [0.2, 0.25) is 0 Å². The topological polar surface area (TPSA) is 29.9 Å². The standard InChI is InChI=1S/C12H11F4N3/c1-7-10(6-19(18-7)12(15)16)17-5-8-3-2-4-9(13)11(8)14/h2-4,6,12,17H,5H2,1H3. The van der Waals surface area contributed by atoms with Crippen LogP contribution in [-0.4, -0.2) is 9.78 Å². The second-order valence-electron chi connectivity index (χ2n) is 3.95. The maximum Gasteiger partial charge on any atom is 0.333 e.